The van der Waals surface area contributed by atoms with Gasteiger partial charge in [0.2, 0.25) is 9.97 Å². The molecular formula is C17H19FN6OS. The molecule has 1 saturated heterocycles. The number of aromatic nitrogens is 4. The lowest BCUT2D eigenvalue weighted by Gasteiger charge is -2.35. The van der Waals surface area contributed by atoms with E-state index in [-0.39, 0.29) is 17.6 Å². The Labute approximate surface area is 154 Å². The molecule has 26 heavy (non-hydrogen) atoms. The van der Waals surface area contributed by atoms with Crippen molar-refractivity contribution in [2.45, 2.75) is 19.8 Å². The van der Waals surface area contributed by atoms with Crippen LogP contribution in [-0.2, 0) is 0 Å². The Kier molecular flexibility index (Phi) is 4.31. The first-order valence-corrected chi connectivity index (χ1v) is 9.36. The van der Waals surface area contributed by atoms with E-state index in [2.05, 4.69) is 20.2 Å². The summed E-state index contributed by atoms with van der Waals surface area (Å²) >= 11 is 1.27. The van der Waals surface area contributed by atoms with Crippen LogP contribution in [0.2, 0.25) is 0 Å². The van der Waals surface area contributed by atoms with Crippen LogP contribution in [0.15, 0.2) is 24.3 Å². The molecule has 2 aromatic heterocycles. The van der Waals surface area contributed by atoms with E-state index in [4.69, 9.17) is 0 Å². The van der Waals surface area contributed by atoms with Crippen LogP contribution < -0.4 is 4.90 Å². The SMILES string of the molecule is CC(C)c1nnc2sc(C(=O)N3CCN(c4ccc(F)cc4)CC3)nn12. The lowest BCUT2D eigenvalue weighted by atomic mass is 10.2. The lowest BCUT2D eigenvalue weighted by molar-refractivity contribution is 0.0745. The van der Waals surface area contributed by atoms with Gasteiger partial charge in [-0.25, -0.2) is 4.39 Å². The fraction of sp³-hybridized carbons (Fsp3) is 0.412. The monoisotopic (exact) mass is 374 g/mol. The summed E-state index contributed by atoms with van der Waals surface area (Å²) in [5, 5.41) is 13.1. The number of nitrogens with zero attached hydrogens (tertiary/aromatic N) is 6. The number of rotatable bonds is 3. The molecule has 0 bridgehead atoms. The highest BCUT2D eigenvalue weighted by molar-refractivity contribution is 7.18. The van der Waals surface area contributed by atoms with Crippen molar-refractivity contribution in [3.63, 3.8) is 0 Å². The molecule has 1 amide bonds. The molecule has 0 radical (unpaired) electrons. The number of benzene rings is 1. The number of hydrogen-bond donors (Lipinski definition) is 0. The standard InChI is InChI=1S/C17H19FN6OS/c1-11(2)14-19-20-17-24(14)21-15(26-17)16(25)23-9-7-22(8-10-23)13-5-3-12(18)4-6-13/h3-6,11H,7-10H2,1-2H3. The molecule has 1 fully saturated rings. The van der Waals surface area contributed by atoms with Gasteiger partial charge in [-0.1, -0.05) is 25.2 Å². The van der Waals surface area contributed by atoms with Gasteiger partial charge in [0.1, 0.15) is 5.82 Å². The zero-order valence-electron chi connectivity index (χ0n) is 14.6. The quantitative estimate of drug-likeness (QED) is 0.704. The Morgan fingerprint density at radius 3 is 2.46 bits per heavy atom. The van der Waals surface area contributed by atoms with Crippen LogP contribution in [0.1, 0.15) is 35.4 Å². The first kappa shape index (κ1) is 16.9. The van der Waals surface area contributed by atoms with Gasteiger partial charge in [0.15, 0.2) is 5.82 Å². The lowest BCUT2D eigenvalue weighted by Crippen LogP contribution is -2.48. The van der Waals surface area contributed by atoms with Crippen LogP contribution in [0.5, 0.6) is 0 Å². The van der Waals surface area contributed by atoms with E-state index in [1.165, 1.54) is 23.5 Å². The molecule has 136 valence electrons. The zero-order valence-corrected chi connectivity index (χ0v) is 15.4. The summed E-state index contributed by atoms with van der Waals surface area (Å²) in [4.78, 5) is 17.4. The Morgan fingerprint density at radius 2 is 1.81 bits per heavy atom. The minimum atomic E-state index is -0.244. The molecule has 4 rings (SSSR count). The van der Waals surface area contributed by atoms with Crippen molar-refractivity contribution in [3.8, 4) is 0 Å². The Morgan fingerprint density at radius 1 is 1.12 bits per heavy atom. The van der Waals surface area contributed by atoms with Crippen molar-refractivity contribution in [1.29, 1.82) is 0 Å². The highest BCUT2D eigenvalue weighted by atomic mass is 32.1. The van der Waals surface area contributed by atoms with Gasteiger partial charge in [-0.05, 0) is 24.3 Å². The maximum absolute atomic E-state index is 13.1. The highest BCUT2D eigenvalue weighted by Gasteiger charge is 2.26. The highest BCUT2D eigenvalue weighted by Crippen LogP contribution is 2.21. The molecule has 3 aromatic rings. The minimum absolute atomic E-state index is 0.0750. The second kappa shape index (κ2) is 6.64. The van der Waals surface area contributed by atoms with E-state index in [1.54, 1.807) is 21.5 Å². The Bertz CT molecular complexity index is 927. The maximum Gasteiger partial charge on any atom is 0.284 e. The van der Waals surface area contributed by atoms with Gasteiger partial charge in [-0.2, -0.15) is 4.52 Å². The van der Waals surface area contributed by atoms with Crippen LogP contribution >= 0.6 is 11.3 Å². The number of carbonyl (C=O) groups is 1. The summed E-state index contributed by atoms with van der Waals surface area (Å²) in [5.74, 6) is 0.631. The number of fused-ring (bicyclic) bond motifs is 1. The summed E-state index contributed by atoms with van der Waals surface area (Å²) in [6, 6.07) is 6.45. The van der Waals surface area contributed by atoms with Gasteiger partial charge in [-0.3, -0.25) is 4.79 Å². The fourth-order valence-corrected chi connectivity index (χ4v) is 3.85. The molecule has 0 saturated carbocycles. The van der Waals surface area contributed by atoms with Crippen molar-refractivity contribution in [3.05, 3.63) is 40.9 Å². The third-order valence-corrected chi connectivity index (χ3v) is 5.36. The third kappa shape index (κ3) is 3.03. The molecule has 0 N–H and O–H groups in total. The number of carbonyl (C=O) groups excluding carboxylic acids is 1. The number of halogens is 1. The maximum atomic E-state index is 13.1. The fourth-order valence-electron chi connectivity index (χ4n) is 3.03. The van der Waals surface area contributed by atoms with E-state index in [0.717, 1.165) is 11.5 Å². The van der Waals surface area contributed by atoms with Crippen LogP contribution in [0.25, 0.3) is 4.96 Å². The number of amides is 1. The Balaban J connectivity index is 1.45. The van der Waals surface area contributed by atoms with Crippen molar-refractivity contribution < 1.29 is 9.18 Å². The zero-order chi connectivity index (χ0) is 18.3. The smallest absolute Gasteiger partial charge is 0.284 e. The second-order valence-electron chi connectivity index (χ2n) is 6.57. The summed E-state index contributed by atoms with van der Waals surface area (Å²) in [5.41, 5.74) is 0.971. The average molecular weight is 374 g/mol. The van der Waals surface area contributed by atoms with Crippen molar-refractivity contribution >= 4 is 27.9 Å². The molecule has 0 unspecified atom stereocenters. The number of anilines is 1. The molecular weight excluding hydrogens is 355 g/mol. The van der Waals surface area contributed by atoms with Gasteiger partial charge in [0.25, 0.3) is 5.91 Å². The summed E-state index contributed by atoms with van der Waals surface area (Å²) < 4.78 is 14.7. The van der Waals surface area contributed by atoms with E-state index in [1.807, 2.05) is 13.8 Å². The van der Waals surface area contributed by atoms with Crippen LogP contribution in [-0.4, -0.2) is 56.8 Å². The van der Waals surface area contributed by atoms with Gasteiger partial charge >= 0.3 is 0 Å². The van der Waals surface area contributed by atoms with E-state index < -0.39 is 0 Å². The average Bonchev–Trinajstić information content (AvgIpc) is 3.22. The van der Waals surface area contributed by atoms with E-state index in [9.17, 15) is 9.18 Å². The van der Waals surface area contributed by atoms with E-state index >= 15 is 0 Å². The molecule has 0 aliphatic carbocycles. The molecule has 0 atom stereocenters. The van der Waals surface area contributed by atoms with Crippen LogP contribution in [0, 0.1) is 5.82 Å². The minimum Gasteiger partial charge on any atom is -0.368 e. The summed E-state index contributed by atoms with van der Waals surface area (Å²) in [6.45, 7) is 6.66. The van der Waals surface area contributed by atoms with E-state index in [0.29, 0.717) is 36.1 Å². The van der Waals surface area contributed by atoms with Gasteiger partial charge in [0.05, 0.1) is 0 Å². The Hall–Kier alpha value is -2.55. The normalized spacial score (nSPS) is 15.2. The van der Waals surface area contributed by atoms with Gasteiger partial charge < -0.3 is 9.80 Å². The van der Waals surface area contributed by atoms with Gasteiger partial charge in [0, 0.05) is 37.8 Å². The molecule has 0 spiro atoms. The molecule has 9 heteroatoms. The van der Waals surface area contributed by atoms with Crippen molar-refractivity contribution in [2.24, 2.45) is 0 Å². The molecule has 1 aliphatic rings. The van der Waals surface area contributed by atoms with Crippen molar-refractivity contribution in [1.82, 2.24) is 24.7 Å². The predicted molar refractivity (Wildman–Crippen MR) is 97.3 cm³/mol. The third-order valence-electron chi connectivity index (χ3n) is 4.47. The molecule has 7 nitrogen and oxygen atoms in total. The number of hydrogen-bond acceptors (Lipinski definition) is 6. The molecule has 1 aromatic carbocycles. The van der Waals surface area contributed by atoms with Crippen LogP contribution in [0.4, 0.5) is 10.1 Å². The molecule has 1 aliphatic heterocycles. The number of piperazine rings is 1. The topological polar surface area (TPSA) is 66.6 Å². The largest absolute Gasteiger partial charge is 0.368 e. The second-order valence-corrected chi connectivity index (χ2v) is 7.53. The van der Waals surface area contributed by atoms with Gasteiger partial charge in [-0.15, -0.1) is 15.3 Å². The van der Waals surface area contributed by atoms with Crippen LogP contribution in [0.3, 0.4) is 0 Å². The predicted octanol–water partition coefficient (Wildman–Crippen LogP) is 2.41. The summed E-state index contributed by atoms with van der Waals surface area (Å²) in [7, 11) is 0. The summed E-state index contributed by atoms with van der Waals surface area (Å²) in [6.07, 6.45) is 0. The van der Waals surface area contributed by atoms with Crippen molar-refractivity contribution in [2.75, 3.05) is 31.1 Å². The first-order chi connectivity index (χ1) is 12.5. The first-order valence-electron chi connectivity index (χ1n) is 8.55. The molecule has 3 heterocycles.